The van der Waals surface area contributed by atoms with Gasteiger partial charge in [0, 0.05) is 19.8 Å². The molecule has 0 atom stereocenters. The molecule has 0 aliphatic rings. The predicted molar refractivity (Wildman–Crippen MR) is 81.4 cm³/mol. The first-order chi connectivity index (χ1) is 14.8. The molecule has 34 heavy (non-hydrogen) atoms. The molecule has 0 spiro atoms. The maximum atomic E-state index is 14.2. The van der Waals surface area contributed by atoms with E-state index in [1.807, 2.05) is 0 Å². The molecular weight excluding hydrogens is 545 g/mol. The Bertz CT molecular complexity index is 705. The van der Waals surface area contributed by atoms with E-state index in [1.54, 1.807) is 0 Å². The average Bonchev–Trinajstić information content (AvgIpc) is 2.66. The second kappa shape index (κ2) is 9.64. The minimum absolute atomic E-state index is 0.873. The third-order valence-electron chi connectivity index (χ3n) is 3.89. The molecule has 0 aliphatic carbocycles. The van der Waals surface area contributed by atoms with E-state index in [2.05, 4.69) is 13.3 Å². The SMILES string of the molecule is CCO[Si](OCC)(OCC)C(=O)C(F)(F)C(F)(F)C(F)(F)C(F)(F)C(F)(F)C(F)(F)C(F)(F)F. The number of hydrogen-bond acceptors (Lipinski definition) is 4. The molecule has 0 unspecified atom stereocenters. The van der Waals surface area contributed by atoms with Gasteiger partial charge in [-0.1, -0.05) is 0 Å². The summed E-state index contributed by atoms with van der Waals surface area (Å²) in [7, 11) is -5.86. The third-order valence-corrected chi connectivity index (χ3v) is 6.77. The highest BCUT2D eigenvalue weighted by Gasteiger charge is 2.94. The zero-order valence-corrected chi connectivity index (χ0v) is 17.9. The van der Waals surface area contributed by atoms with Crippen molar-refractivity contribution in [2.45, 2.75) is 62.5 Å². The molecule has 0 saturated carbocycles. The maximum Gasteiger partial charge on any atom is 0.581 e. The van der Waals surface area contributed by atoms with Crippen LogP contribution in [0.1, 0.15) is 20.8 Å². The smallest absolute Gasteiger partial charge is 0.368 e. The summed E-state index contributed by atoms with van der Waals surface area (Å²) in [5.41, 5.74) is 0. The fourth-order valence-electron chi connectivity index (χ4n) is 2.19. The van der Waals surface area contributed by atoms with Crippen molar-refractivity contribution >= 4 is 14.2 Å². The lowest BCUT2D eigenvalue weighted by molar-refractivity contribution is -0.449. The van der Waals surface area contributed by atoms with Gasteiger partial charge in [0.15, 0.2) is 0 Å². The Kier molecular flexibility index (Phi) is 9.28. The van der Waals surface area contributed by atoms with Crippen molar-refractivity contribution in [3.63, 3.8) is 0 Å². The molecule has 0 aromatic heterocycles. The Morgan fingerprint density at radius 3 is 1.06 bits per heavy atom. The van der Waals surface area contributed by atoms with Crippen LogP contribution in [0.15, 0.2) is 0 Å². The van der Waals surface area contributed by atoms with Gasteiger partial charge >= 0.3 is 50.5 Å². The fourth-order valence-corrected chi connectivity index (χ4v) is 4.52. The lowest BCUT2D eigenvalue weighted by Gasteiger charge is -2.41. The summed E-state index contributed by atoms with van der Waals surface area (Å²) in [6.45, 7) is 0.107. The van der Waals surface area contributed by atoms with Crippen LogP contribution < -0.4 is 0 Å². The van der Waals surface area contributed by atoms with E-state index in [0.717, 1.165) is 20.8 Å². The quantitative estimate of drug-likeness (QED) is 0.220. The first kappa shape index (κ1) is 32.7. The maximum absolute atomic E-state index is 14.2. The summed E-state index contributed by atoms with van der Waals surface area (Å²) < 4.78 is 213. The van der Waals surface area contributed by atoms with Crippen LogP contribution in [0.4, 0.5) is 65.9 Å². The summed E-state index contributed by atoms with van der Waals surface area (Å²) in [5.74, 6) is -48.6. The van der Waals surface area contributed by atoms with E-state index in [-0.39, 0.29) is 0 Å². The van der Waals surface area contributed by atoms with Crippen molar-refractivity contribution in [1.29, 1.82) is 0 Å². The van der Waals surface area contributed by atoms with Crippen molar-refractivity contribution in [3.05, 3.63) is 0 Å². The highest BCUT2D eigenvalue weighted by molar-refractivity contribution is 6.93. The molecular formula is C14H15F15O4Si. The molecule has 20 heteroatoms. The van der Waals surface area contributed by atoms with Gasteiger partial charge in [-0.3, -0.25) is 4.79 Å². The summed E-state index contributed by atoms with van der Waals surface area (Å²) in [6, 6.07) is 0. The molecule has 0 aliphatic heterocycles. The largest absolute Gasteiger partial charge is 0.581 e. The van der Waals surface area contributed by atoms with Gasteiger partial charge in [0.05, 0.1) is 0 Å². The molecule has 0 radical (unpaired) electrons. The average molecular weight is 560 g/mol. The topological polar surface area (TPSA) is 44.8 Å². The van der Waals surface area contributed by atoms with Crippen LogP contribution >= 0.6 is 0 Å². The van der Waals surface area contributed by atoms with Gasteiger partial charge in [0.2, 0.25) is 0 Å². The molecule has 0 saturated heterocycles. The Balaban J connectivity index is 6.89. The molecule has 0 aromatic rings. The summed E-state index contributed by atoms with van der Waals surface area (Å²) in [5, 5.41) is -3.57. The van der Waals surface area contributed by atoms with Crippen LogP contribution in [-0.2, 0) is 18.1 Å². The number of halogens is 15. The summed E-state index contributed by atoms with van der Waals surface area (Å²) in [4.78, 5) is 12.0. The lowest BCUT2D eigenvalue weighted by Crippen LogP contribution is -2.75. The van der Waals surface area contributed by atoms with Gasteiger partial charge in [-0.2, -0.15) is 65.9 Å². The van der Waals surface area contributed by atoms with Crippen LogP contribution in [0.3, 0.4) is 0 Å². The number of hydrogen-bond donors (Lipinski definition) is 0. The van der Waals surface area contributed by atoms with Crippen LogP contribution in [0, 0.1) is 0 Å². The zero-order chi connectivity index (χ0) is 27.8. The minimum atomic E-state index is -8.50. The van der Waals surface area contributed by atoms with Crippen molar-refractivity contribution in [3.8, 4) is 0 Å². The molecule has 4 nitrogen and oxygen atoms in total. The predicted octanol–water partition coefficient (Wildman–Crippen LogP) is 5.52. The molecule has 0 N–H and O–H groups in total. The first-order valence-electron chi connectivity index (χ1n) is 8.64. The van der Waals surface area contributed by atoms with Gasteiger partial charge in [-0.05, 0) is 20.8 Å². The monoisotopic (exact) mass is 560 g/mol. The Morgan fingerprint density at radius 2 is 0.794 bits per heavy atom. The summed E-state index contributed by atoms with van der Waals surface area (Å²) >= 11 is 0. The molecule has 0 bridgehead atoms. The summed E-state index contributed by atoms with van der Waals surface area (Å²) in [6.07, 6.45) is -7.72. The van der Waals surface area contributed by atoms with Gasteiger partial charge in [-0.15, -0.1) is 0 Å². The molecule has 0 rings (SSSR count). The van der Waals surface area contributed by atoms with Gasteiger partial charge in [0.1, 0.15) is 0 Å². The Morgan fingerprint density at radius 1 is 0.529 bits per heavy atom. The number of carbonyl (C=O) groups excluding carboxylic acids is 1. The van der Waals surface area contributed by atoms with Gasteiger partial charge < -0.3 is 13.3 Å². The number of carbonyl (C=O) groups is 1. The third kappa shape index (κ3) is 4.61. The van der Waals surface area contributed by atoms with Crippen LogP contribution in [-0.4, -0.2) is 75.7 Å². The van der Waals surface area contributed by atoms with Crippen molar-refractivity contribution in [2.75, 3.05) is 19.8 Å². The Hall–Kier alpha value is -1.28. The van der Waals surface area contributed by atoms with Gasteiger partial charge in [-0.25, -0.2) is 0 Å². The van der Waals surface area contributed by atoms with E-state index < -0.39 is 75.7 Å². The van der Waals surface area contributed by atoms with E-state index >= 15 is 0 Å². The first-order valence-corrected chi connectivity index (χ1v) is 10.4. The molecule has 0 aromatic carbocycles. The second-order valence-electron chi connectivity index (χ2n) is 6.13. The van der Waals surface area contributed by atoms with Crippen molar-refractivity contribution in [1.82, 2.24) is 0 Å². The zero-order valence-electron chi connectivity index (χ0n) is 16.9. The van der Waals surface area contributed by atoms with Gasteiger partial charge in [0.25, 0.3) is 5.41 Å². The van der Waals surface area contributed by atoms with Crippen molar-refractivity contribution < 1.29 is 83.9 Å². The molecule has 0 fully saturated rings. The molecule has 0 amide bonds. The standard InChI is InChI=1S/C14H15F15O4Si/c1-4-31-34(32-5-2,33-6-3)7(30)8(15,16)9(17,18)10(19,20)11(21,22)12(23,24)13(25,26)14(27,28)29/h4-6H2,1-3H3. The molecule has 0 heterocycles. The number of rotatable bonds is 13. The van der Waals surface area contributed by atoms with Crippen molar-refractivity contribution in [2.24, 2.45) is 0 Å². The van der Waals surface area contributed by atoms with E-state index in [1.165, 1.54) is 0 Å². The molecule has 204 valence electrons. The minimum Gasteiger partial charge on any atom is -0.368 e. The van der Waals surface area contributed by atoms with E-state index in [9.17, 15) is 70.7 Å². The fraction of sp³-hybridized carbons (Fsp3) is 0.929. The van der Waals surface area contributed by atoms with Crippen LogP contribution in [0.2, 0.25) is 0 Å². The number of alkyl halides is 15. The highest BCUT2D eigenvalue weighted by atomic mass is 28.4. The lowest BCUT2D eigenvalue weighted by atomic mass is 9.91. The second-order valence-corrected chi connectivity index (χ2v) is 8.56. The van der Waals surface area contributed by atoms with E-state index in [4.69, 9.17) is 0 Å². The van der Waals surface area contributed by atoms with E-state index in [0.29, 0.717) is 0 Å². The van der Waals surface area contributed by atoms with Crippen LogP contribution in [0.5, 0.6) is 0 Å². The Labute approximate surface area is 181 Å². The van der Waals surface area contributed by atoms with Crippen LogP contribution in [0.25, 0.3) is 0 Å². The normalized spacial score (nSPS) is 15.6. The highest BCUT2D eigenvalue weighted by Crippen LogP contribution is 2.62.